The Morgan fingerprint density at radius 1 is 1.05 bits per heavy atom. The van der Waals surface area contributed by atoms with Gasteiger partial charge >= 0.3 is 0 Å². The van der Waals surface area contributed by atoms with Gasteiger partial charge in [0.15, 0.2) is 0 Å². The fourth-order valence-corrected chi connectivity index (χ4v) is 4.50. The van der Waals surface area contributed by atoms with Crippen LogP contribution in [0.4, 0.5) is 17.3 Å². The molecule has 190 valence electrons. The highest BCUT2D eigenvalue weighted by Crippen LogP contribution is 2.25. The summed E-state index contributed by atoms with van der Waals surface area (Å²) in [6, 6.07) is 15.6. The molecule has 1 atom stereocenters. The van der Waals surface area contributed by atoms with E-state index in [0.29, 0.717) is 23.7 Å². The summed E-state index contributed by atoms with van der Waals surface area (Å²) in [7, 11) is 2.16. The number of nitrogens with zero attached hydrogens (tertiary/aromatic N) is 5. The molecule has 3 heterocycles. The quantitative estimate of drug-likeness (QED) is 0.510. The topological polar surface area (TPSA) is 85.8 Å². The van der Waals surface area contributed by atoms with Crippen molar-refractivity contribution in [3.05, 3.63) is 89.3 Å². The zero-order chi connectivity index (χ0) is 25.6. The zero-order valence-corrected chi connectivity index (χ0v) is 21.4. The monoisotopic (exact) mass is 495 g/mol. The third-order valence-corrected chi connectivity index (χ3v) is 6.85. The minimum absolute atomic E-state index is 0.135. The standard InChI is InChI=1S/C29H33N7O/c1-21-5-10-25(18-27(21)34-29-31-13-11-26(33-29)24-4-3-12-30-19-24)32-28(37)23-8-6-22(7-9-23)20-36-16-14-35(2)15-17-36/h3-13,18,24H,14-17,19-20H2,1-2H3,(H,32,37)(H,31,33,34). The molecule has 0 radical (unpaired) electrons. The summed E-state index contributed by atoms with van der Waals surface area (Å²) in [6.45, 7) is 7.95. The number of piperazine rings is 1. The summed E-state index contributed by atoms with van der Waals surface area (Å²) in [4.78, 5) is 31.1. The Hall–Kier alpha value is -3.88. The van der Waals surface area contributed by atoms with Crippen molar-refractivity contribution in [1.29, 1.82) is 0 Å². The summed E-state index contributed by atoms with van der Waals surface area (Å²) < 4.78 is 0. The summed E-state index contributed by atoms with van der Waals surface area (Å²) in [5.74, 6) is 0.528. The number of carbonyl (C=O) groups is 1. The van der Waals surface area contributed by atoms with Crippen LogP contribution < -0.4 is 10.6 Å². The summed E-state index contributed by atoms with van der Waals surface area (Å²) in [5, 5.41) is 6.33. The second-order valence-electron chi connectivity index (χ2n) is 9.70. The Kier molecular flexibility index (Phi) is 7.67. The fourth-order valence-electron chi connectivity index (χ4n) is 4.50. The van der Waals surface area contributed by atoms with Crippen LogP contribution in [0.3, 0.4) is 0 Å². The summed E-state index contributed by atoms with van der Waals surface area (Å²) in [5.41, 5.74) is 5.36. The average molecular weight is 496 g/mol. The van der Waals surface area contributed by atoms with Crippen molar-refractivity contribution in [3.8, 4) is 0 Å². The number of likely N-dealkylation sites (N-methyl/N-ethyl adjacent to an activating group) is 1. The van der Waals surface area contributed by atoms with E-state index in [1.165, 1.54) is 5.56 Å². The fraction of sp³-hybridized carbons (Fsp3) is 0.310. The van der Waals surface area contributed by atoms with Gasteiger partial charge in [0.2, 0.25) is 5.95 Å². The maximum Gasteiger partial charge on any atom is 0.255 e. The highest BCUT2D eigenvalue weighted by Gasteiger charge is 2.15. The molecule has 0 spiro atoms. The number of nitrogens with one attached hydrogen (secondary N) is 2. The predicted octanol–water partition coefficient (Wildman–Crippen LogP) is 4.25. The van der Waals surface area contributed by atoms with Crippen molar-refractivity contribution in [3.63, 3.8) is 0 Å². The van der Waals surface area contributed by atoms with E-state index in [0.717, 1.165) is 49.7 Å². The van der Waals surface area contributed by atoms with Gasteiger partial charge in [0, 0.05) is 68.0 Å². The minimum Gasteiger partial charge on any atom is -0.324 e. The van der Waals surface area contributed by atoms with E-state index in [2.05, 4.69) is 48.5 Å². The molecule has 0 bridgehead atoms. The van der Waals surface area contributed by atoms with Crippen LogP contribution >= 0.6 is 0 Å². The first-order valence-corrected chi connectivity index (χ1v) is 12.7. The van der Waals surface area contributed by atoms with Crippen LogP contribution in [0.2, 0.25) is 0 Å². The molecule has 0 saturated carbocycles. The molecular weight excluding hydrogens is 462 g/mol. The van der Waals surface area contributed by atoms with Crippen LogP contribution in [-0.4, -0.2) is 71.7 Å². The molecule has 1 saturated heterocycles. The normalized spacial score (nSPS) is 18.1. The zero-order valence-electron chi connectivity index (χ0n) is 21.4. The number of dihydropyridines is 1. The minimum atomic E-state index is -0.135. The first-order chi connectivity index (χ1) is 18.0. The van der Waals surface area contributed by atoms with Gasteiger partial charge in [-0.15, -0.1) is 0 Å². The van der Waals surface area contributed by atoms with Crippen molar-refractivity contribution < 1.29 is 4.79 Å². The molecule has 1 amide bonds. The van der Waals surface area contributed by atoms with Crippen molar-refractivity contribution in [2.45, 2.75) is 19.4 Å². The smallest absolute Gasteiger partial charge is 0.255 e. The first-order valence-electron chi connectivity index (χ1n) is 12.7. The van der Waals surface area contributed by atoms with Gasteiger partial charge in [-0.25, -0.2) is 9.97 Å². The molecule has 8 nitrogen and oxygen atoms in total. The van der Waals surface area contributed by atoms with Gasteiger partial charge in [-0.3, -0.25) is 14.7 Å². The lowest BCUT2D eigenvalue weighted by atomic mass is 10.0. The Morgan fingerprint density at radius 2 is 1.86 bits per heavy atom. The lowest BCUT2D eigenvalue weighted by molar-refractivity contribution is 0.102. The number of aryl methyl sites for hydroxylation is 1. The maximum absolute atomic E-state index is 12.9. The molecule has 1 unspecified atom stereocenters. The average Bonchev–Trinajstić information content (AvgIpc) is 2.93. The van der Waals surface area contributed by atoms with Crippen LogP contribution in [0, 0.1) is 6.92 Å². The molecule has 8 heteroatoms. The van der Waals surface area contributed by atoms with E-state index in [1.807, 2.05) is 67.7 Å². The molecule has 0 aliphatic carbocycles. The van der Waals surface area contributed by atoms with Gasteiger partial charge < -0.3 is 15.5 Å². The number of aromatic nitrogens is 2. The highest BCUT2D eigenvalue weighted by atomic mass is 16.1. The van der Waals surface area contributed by atoms with Crippen LogP contribution in [0.15, 0.2) is 71.9 Å². The molecule has 1 aromatic heterocycles. The first kappa shape index (κ1) is 24.8. The highest BCUT2D eigenvalue weighted by molar-refractivity contribution is 6.04. The number of hydrogen-bond donors (Lipinski definition) is 2. The number of benzene rings is 2. The number of rotatable bonds is 7. The van der Waals surface area contributed by atoms with Gasteiger partial charge in [0.1, 0.15) is 0 Å². The maximum atomic E-state index is 12.9. The summed E-state index contributed by atoms with van der Waals surface area (Å²) in [6.07, 6.45) is 7.61. The van der Waals surface area contributed by atoms with E-state index >= 15 is 0 Å². The van der Waals surface area contributed by atoms with Gasteiger partial charge in [-0.05, 0) is 61.5 Å². The van der Waals surface area contributed by atoms with E-state index in [-0.39, 0.29) is 11.8 Å². The lowest BCUT2D eigenvalue weighted by Crippen LogP contribution is -2.43. The molecule has 1 fully saturated rings. The molecule has 2 aliphatic rings. The molecule has 5 rings (SSSR count). The molecule has 2 N–H and O–H groups in total. The molecule has 37 heavy (non-hydrogen) atoms. The third-order valence-electron chi connectivity index (χ3n) is 6.85. The SMILES string of the molecule is Cc1ccc(NC(=O)c2ccc(CN3CCN(C)CC3)cc2)cc1Nc1nccc(C2C=CC=NC2)n1. The number of allylic oxidation sites excluding steroid dienone is 1. The van der Waals surface area contributed by atoms with Crippen molar-refractivity contribution in [2.24, 2.45) is 4.99 Å². The largest absolute Gasteiger partial charge is 0.324 e. The molecule has 2 aromatic carbocycles. The van der Waals surface area contributed by atoms with Crippen molar-refractivity contribution in [1.82, 2.24) is 19.8 Å². The van der Waals surface area contributed by atoms with E-state index < -0.39 is 0 Å². The van der Waals surface area contributed by atoms with E-state index in [1.54, 1.807) is 6.20 Å². The van der Waals surface area contributed by atoms with Crippen LogP contribution in [0.25, 0.3) is 0 Å². The van der Waals surface area contributed by atoms with Crippen molar-refractivity contribution >= 4 is 29.4 Å². The van der Waals surface area contributed by atoms with Gasteiger partial charge in [-0.2, -0.15) is 0 Å². The number of amides is 1. The van der Waals surface area contributed by atoms with E-state index in [4.69, 9.17) is 0 Å². The Balaban J connectivity index is 1.22. The van der Waals surface area contributed by atoms with Crippen LogP contribution in [-0.2, 0) is 6.54 Å². The number of carbonyl (C=O) groups excluding carboxylic acids is 1. The third kappa shape index (κ3) is 6.47. The second kappa shape index (κ2) is 11.5. The molecule has 3 aromatic rings. The Labute approximate surface area is 218 Å². The lowest BCUT2D eigenvalue weighted by Gasteiger charge is -2.32. The van der Waals surface area contributed by atoms with Crippen LogP contribution in [0.1, 0.15) is 33.1 Å². The van der Waals surface area contributed by atoms with Gasteiger partial charge in [-0.1, -0.05) is 24.3 Å². The Morgan fingerprint density at radius 3 is 2.62 bits per heavy atom. The predicted molar refractivity (Wildman–Crippen MR) is 149 cm³/mol. The van der Waals surface area contributed by atoms with Gasteiger partial charge in [0.25, 0.3) is 5.91 Å². The number of hydrogen-bond acceptors (Lipinski definition) is 7. The van der Waals surface area contributed by atoms with Gasteiger partial charge in [0.05, 0.1) is 12.2 Å². The van der Waals surface area contributed by atoms with E-state index in [9.17, 15) is 4.79 Å². The van der Waals surface area contributed by atoms with Crippen molar-refractivity contribution in [2.75, 3.05) is 50.4 Å². The molecular formula is C29H33N7O. The van der Waals surface area contributed by atoms with Crippen LogP contribution in [0.5, 0.6) is 0 Å². The molecule has 2 aliphatic heterocycles. The second-order valence-corrected chi connectivity index (χ2v) is 9.70. The summed E-state index contributed by atoms with van der Waals surface area (Å²) >= 11 is 0. The number of anilines is 3. The number of aliphatic imine (C=N–C) groups is 1. The Bertz CT molecular complexity index is 1290.